The van der Waals surface area contributed by atoms with Crippen LogP contribution in [0.1, 0.15) is 19.8 Å². The van der Waals surface area contributed by atoms with Crippen molar-refractivity contribution in [3.8, 4) is 0 Å². The van der Waals surface area contributed by atoms with Crippen LogP contribution in [-0.2, 0) is 4.74 Å². The van der Waals surface area contributed by atoms with Crippen LogP contribution in [0.3, 0.4) is 0 Å². The SMILES string of the molecule is CCC1OCCC1CNc1nnc(N)o1. The highest BCUT2D eigenvalue weighted by Gasteiger charge is 2.26. The number of nitrogens with two attached hydrogens (primary N) is 1. The van der Waals surface area contributed by atoms with Crippen molar-refractivity contribution in [3.63, 3.8) is 0 Å². The van der Waals surface area contributed by atoms with E-state index < -0.39 is 0 Å². The molecule has 2 rings (SSSR count). The maximum absolute atomic E-state index is 5.58. The Morgan fingerprint density at radius 2 is 2.40 bits per heavy atom. The zero-order chi connectivity index (χ0) is 10.7. The normalized spacial score (nSPS) is 25.7. The van der Waals surface area contributed by atoms with Gasteiger partial charge in [0, 0.05) is 19.1 Å². The van der Waals surface area contributed by atoms with E-state index in [0.29, 0.717) is 18.0 Å². The first-order chi connectivity index (χ1) is 7.29. The van der Waals surface area contributed by atoms with Gasteiger partial charge in [0.1, 0.15) is 0 Å². The number of hydrogen-bond acceptors (Lipinski definition) is 6. The van der Waals surface area contributed by atoms with Gasteiger partial charge in [-0.2, -0.15) is 0 Å². The number of ether oxygens (including phenoxy) is 1. The standard InChI is InChI=1S/C9H16N4O2/c1-2-7-6(3-4-14-7)5-11-9-13-12-8(10)15-9/h6-7H,2-5H2,1H3,(H2,10,12)(H,11,13). The van der Waals surface area contributed by atoms with Gasteiger partial charge in [-0.25, -0.2) is 0 Å². The monoisotopic (exact) mass is 212 g/mol. The Balaban J connectivity index is 1.82. The fourth-order valence-electron chi connectivity index (χ4n) is 1.90. The van der Waals surface area contributed by atoms with Crippen LogP contribution in [0.15, 0.2) is 4.42 Å². The molecule has 0 amide bonds. The number of anilines is 2. The first-order valence-electron chi connectivity index (χ1n) is 5.24. The lowest BCUT2D eigenvalue weighted by molar-refractivity contribution is 0.0899. The first kappa shape index (κ1) is 10.2. The molecule has 2 atom stereocenters. The molecule has 1 fully saturated rings. The highest BCUT2D eigenvalue weighted by molar-refractivity contribution is 5.22. The number of aromatic nitrogens is 2. The summed E-state index contributed by atoms with van der Waals surface area (Å²) in [4.78, 5) is 0. The van der Waals surface area contributed by atoms with Crippen molar-refractivity contribution < 1.29 is 9.15 Å². The van der Waals surface area contributed by atoms with E-state index >= 15 is 0 Å². The number of nitrogens with zero attached hydrogens (tertiary/aromatic N) is 2. The van der Waals surface area contributed by atoms with Gasteiger partial charge in [0.2, 0.25) is 0 Å². The number of rotatable bonds is 4. The quantitative estimate of drug-likeness (QED) is 0.770. The second-order valence-corrected chi connectivity index (χ2v) is 3.69. The lowest BCUT2D eigenvalue weighted by atomic mass is 10.00. The molecule has 0 spiro atoms. The molecule has 1 saturated heterocycles. The molecule has 2 unspecified atom stereocenters. The van der Waals surface area contributed by atoms with E-state index in [1.165, 1.54) is 0 Å². The molecule has 3 N–H and O–H groups in total. The second kappa shape index (κ2) is 4.48. The lowest BCUT2D eigenvalue weighted by Gasteiger charge is -2.16. The maximum Gasteiger partial charge on any atom is 0.316 e. The van der Waals surface area contributed by atoms with Crippen molar-refractivity contribution in [1.29, 1.82) is 0 Å². The Morgan fingerprint density at radius 3 is 3.07 bits per heavy atom. The second-order valence-electron chi connectivity index (χ2n) is 3.69. The van der Waals surface area contributed by atoms with Crippen LogP contribution in [0.5, 0.6) is 0 Å². The third kappa shape index (κ3) is 2.38. The summed E-state index contributed by atoms with van der Waals surface area (Å²) in [7, 11) is 0. The Labute approximate surface area is 88.2 Å². The molecule has 0 bridgehead atoms. The topological polar surface area (TPSA) is 86.2 Å². The molecule has 15 heavy (non-hydrogen) atoms. The van der Waals surface area contributed by atoms with Gasteiger partial charge in [-0.3, -0.25) is 0 Å². The number of nitrogens with one attached hydrogen (secondary N) is 1. The molecule has 1 aliphatic heterocycles. The van der Waals surface area contributed by atoms with E-state index in [4.69, 9.17) is 14.9 Å². The molecule has 0 aliphatic carbocycles. The molecule has 2 heterocycles. The zero-order valence-corrected chi connectivity index (χ0v) is 8.77. The summed E-state index contributed by atoms with van der Waals surface area (Å²) in [6.07, 6.45) is 2.46. The van der Waals surface area contributed by atoms with Crippen LogP contribution in [0.25, 0.3) is 0 Å². The molecular formula is C9H16N4O2. The van der Waals surface area contributed by atoms with E-state index in [1.807, 2.05) is 0 Å². The van der Waals surface area contributed by atoms with Crippen molar-refractivity contribution in [3.05, 3.63) is 0 Å². The zero-order valence-electron chi connectivity index (χ0n) is 8.77. The van der Waals surface area contributed by atoms with Gasteiger partial charge in [0.05, 0.1) is 6.10 Å². The van der Waals surface area contributed by atoms with Gasteiger partial charge >= 0.3 is 12.0 Å². The fourth-order valence-corrected chi connectivity index (χ4v) is 1.90. The maximum atomic E-state index is 5.58. The van der Waals surface area contributed by atoms with Crippen LogP contribution in [-0.4, -0.2) is 29.5 Å². The number of hydrogen-bond donors (Lipinski definition) is 2. The van der Waals surface area contributed by atoms with Gasteiger partial charge in [0.25, 0.3) is 0 Å². The van der Waals surface area contributed by atoms with Gasteiger partial charge in [0.15, 0.2) is 0 Å². The average Bonchev–Trinajstić information content (AvgIpc) is 2.83. The molecule has 0 saturated carbocycles. The molecular weight excluding hydrogens is 196 g/mol. The highest BCUT2D eigenvalue weighted by atomic mass is 16.5. The Hall–Kier alpha value is -1.30. The molecule has 0 aromatic carbocycles. The Bertz CT molecular complexity index is 315. The van der Waals surface area contributed by atoms with Crippen LogP contribution in [0.4, 0.5) is 12.0 Å². The summed E-state index contributed by atoms with van der Waals surface area (Å²) in [5.74, 6) is 0.517. The minimum Gasteiger partial charge on any atom is -0.390 e. The van der Waals surface area contributed by atoms with E-state index in [9.17, 15) is 0 Å². The molecule has 6 heteroatoms. The smallest absolute Gasteiger partial charge is 0.316 e. The van der Waals surface area contributed by atoms with Gasteiger partial charge in [-0.05, 0) is 12.8 Å². The van der Waals surface area contributed by atoms with E-state index in [0.717, 1.165) is 26.0 Å². The van der Waals surface area contributed by atoms with Gasteiger partial charge in [-0.15, -0.1) is 0 Å². The average molecular weight is 212 g/mol. The third-order valence-corrected chi connectivity index (χ3v) is 2.70. The summed E-state index contributed by atoms with van der Waals surface area (Å²) in [6, 6.07) is 0.474. The van der Waals surface area contributed by atoms with Crippen molar-refractivity contribution in [2.75, 3.05) is 24.2 Å². The van der Waals surface area contributed by atoms with Crippen molar-refractivity contribution in [1.82, 2.24) is 10.2 Å². The van der Waals surface area contributed by atoms with Gasteiger partial charge in [-0.1, -0.05) is 17.1 Å². The lowest BCUT2D eigenvalue weighted by Crippen LogP contribution is -2.22. The summed E-state index contributed by atoms with van der Waals surface area (Å²) < 4.78 is 10.6. The van der Waals surface area contributed by atoms with Crippen LogP contribution in [0, 0.1) is 5.92 Å². The molecule has 6 nitrogen and oxygen atoms in total. The predicted octanol–water partition coefficient (Wildman–Crippen LogP) is 0.879. The first-order valence-corrected chi connectivity index (χ1v) is 5.24. The Kier molecular flexibility index (Phi) is 3.05. The van der Waals surface area contributed by atoms with Gasteiger partial charge < -0.3 is 20.2 Å². The van der Waals surface area contributed by atoms with E-state index in [1.54, 1.807) is 0 Å². The molecule has 1 aromatic heterocycles. The minimum atomic E-state index is 0.0900. The molecule has 0 radical (unpaired) electrons. The van der Waals surface area contributed by atoms with Crippen molar-refractivity contribution in [2.45, 2.75) is 25.9 Å². The molecule has 84 valence electrons. The summed E-state index contributed by atoms with van der Waals surface area (Å²) in [5.41, 5.74) is 5.31. The summed E-state index contributed by atoms with van der Waals surface area (Å²) in [6.45, 7) is 3.77. The van der Waals surface area contributed by atoms with Crippen molar-refractivity contribution >= 4 is 12.0 Å². The molecule has 1 aromatic rings. The predicted molar refractivity (Wildman–Crippen MR) is 55.3 cm³/mol. The number of nitrogen functional groups attached to an aromatic ring is 1. The third-order valence-electron chi connectivity index (χ3n) is 2.70. The summed E-state index contributed by atoms with van der Waals surface area (Å²) >= 11 is 0. The molecule has 1 aliphatic rings. The largest absolute Gasteiger partial charge is 0.390 e. The minimum absolute atomic E-state index is 0.0900. The van der Waals surface area contributed by atoms with Crippen LogP contribution < -0.4 is 11.1 Å². The van der Waals surface area contributed by atoms with E-state index in [-0.39, 0.29) is 6.01 Å². The summed E-state index contributed by atoms with van der Waals surface area (Å²) in [5, 5.41) is 10.4. The highest BCUT2D eigenvalue weighted by Crippen LogP contribution is 2.23. The van der Waals surface area contributed by atoms with Crippen LogP contribution >= 0.6 is 0 Å². The Morgan fingerprint density at radius 1 is 1.53 bits per heavy atom. The van der Waals surface area contributed by atoms with Crippen LogP contribution in [0.2, 0.25) is 0 Å². The van der Waals surface area contributed by atoms with E-state index in [2.05, 4.69) is 22.4 Å². The van der Waals surface area contributed by atoms with Crippen molar-refractivity contribution in [2.24, 2.45) is 5.92 Å². The fraction of sp³-hybridized carbons (Fsp3) is 0.778.